The van der Waals surface area contributed by atoms with E-state index in [9.17, 15) is 4.79 Å². The molecule has 2 nitrogen and oxygen atoms in total. The molecule has 0 spiro atoms. The van der Waals surface area contributed by atoms with Gasteiger partial charge in [0.15, 0.2) is 0 Å². The average molecular weight is 517 g/mol. The lowest BCUT2D eigenvalue weighted by molar-refractivity contribution is -0.114. The molecular formula is C28H24INO. The Morgan fingerprint density at radius 3 is 2.32 bits per heavy atom. The molecule has 0 heterocycles. The molecule has 0 saturated carbocycles. The van der Waals surface area contributed by atoms with Gasteiger partial charge < -0.3 is 4.90 Å². The quantitative estimate of drug-likeness (QED) is 0.201. The van der Waals surface area contributed by atoms with E-state index in [-0.39, 0.29) is 5.91 Å². The second-order valence-electron chi connectivity index (χ2n) is 7.76. The third-order valence-electron chi connectivity index (χ3n) is 5.31. The van der Waals surface area contributed by atoms with Crippen LogP contribution in [0.25, 0.3) is 16.8 Å². The Kier molecular flexibility index (Phi) is 6.52. The highest BCUT2D eigenvalue weighted by Gasteiger charge is 2.19. The van der Waals surface area contributed by atoms with Gasteiger partial charge in [0.05, 0.1) is 12.2 Å². The van der Waals surface area contributed by atoms with Crippen LogP contribution in [0.3, 0.4) is 0 Å². The van der Waals surface area contributed by atoms with Gasteiger partial charge in [0, 0.05) is 9.65 Å². The number of halogens is 1. The molecule has 4 aromatic rings. The van der Waals surface area contributed by atoms with Crippen LogP contribution in [0, 0.1) is 17.4 Å². The number of benzene rings is 4. The Balaban J connectivity index is 1.73. The number of hydrogen-bond acceptors (Lipinski definition) is 1. The highest BCUT2D eigenvalue weighted by atomic mass is 127. The molecule has 0 atom stereocenters. The molecule has 0 unspecified atom stereocenters. The fraction of sp³-hybridized carbons (Fsp3) is 0.107. The summed E-state index contributed by atoms with van der Waals surface area (Å²) in [4.78, 5) is 15.3. The topological polar surface area (TPSA) is 20.3 Å². The highest BCUT2D eigenvalue weighted by Crippen LogP contribution is 2.30. The highest BCUT2D eigenvalue weighted by molar-refractivity contribution is 14.1. The van der Waals surface area contributed by atoms with Crippen molar-refractivity contribution in [1.82, 2.24) is 0 Å². The molecule has 3 heteroatoms. The van der Waals surface area contributed by atoms with E-state index in [1.165, 1.54) is 16.3 Å². The van der Waals surface area contributed by atoms with Crippen molar-refractivity contribution in [1.29, 1.82) is 0 Å². The van der Waals surface area contributed by atoms with Crippen LogP contribution in [0.2, 0.25) is 0 Å². The number of nitrogens with zero attached hydrogens (tertiary/aromatic N) is 1. The number of fused-ring (bicyclic) bond motifs is 1. The summed E-state index contributed by atoms with van der Waals surface area (Å²) < 4.78 is 1.08. The van der Waals surface area contributed by atoms with Gasteiger partial charge in [-0.05, 0) is 87.7 Å². The molecule has 4 aromatic carbocycles. The Labute approximate surface area is 197 Å². The monoisotopic (exact) mass is 517 g/mol. The van der Waals surface area contributed by atoms with E-state index in [1.54, 1.807) is 6.08 Å². The van der Waals surface area contributed by atoms with Gasteiger partial charge in [-0.15, -0.1) is 0 Å². The maximum atomic E-state index is 13.4. The van der Waals surface area contributed by atoms with E-state index >= 15 is 0 Å². The van der Waals surface area contributed by atoms with Gasteiger partial charge in [0.2, 0.25) is 0 Å². The number of anilines is 1. The molecular weight excluding hydrogens is 493 g/mol. The third kappa shape index (κ3) is 5.05. The van der Waals surface area contributed by atoms with Crippen molar-refractivity contribution >= 4 is 51.0 Å². The van der Waals surface area contributed by atoms with Crippen LogP contribution in [0.5, 0.6) is 0 Å². The van der Waals surface area contributed by atoms with E-state index in [0.717, 1.165) is 25.9 Å². The summed E-state index contributed by atoms with van der Waals surface area (Å²) in [5.74, 6) is -0.0260. The molecule has 0 bridgehead atoms. The van der Waals surface area contributed by atoms with E-state index in [1.807, 2.05) is 53.4 Å². The van der Waals surface area contributed by atoms with Gasteiger partial charge >= 0.3 is 0 Å². The normalized spacial score (nSPS) is 11.2. The lowest BCUT2D eigenvalue weighted by atomic mass is 10.1. The summed E-state index contributed by atoms with van der Waals surface area (Å²) in [5.41, 5.74) is 5.39. The van der Waals surface area contributed by atoms with Gasteiger partial charge in [0.1, 0.15) is 0 Å². The number of amides is 1. The van der Waals surface area contributed by atoms with Gasteiger partial charge in [-0.1, -0.05) is 72.8 Å². The van der Waals surface area contributed by atoms with Crippen LogP contribution in [0.1, 0.15) is 22.3 Å². The summed E-state index contributed by atoms with van der Waals surface area (Å²) in [6, 6.07) is 28.9. The fourth-order valence-corrected chi connectivity index (χ4v) is 5.07. The summed E-state index contributed by atoms with van der Waals surface area (Å²) in [7, 11) is 0. The van der Waals surface area contributed by atoms with Gasteiger partial charge in [-0.2, -0.15) is 0 Å². The maximum absolute atomic E-state index is 13.4. The van der Waals surface area contributed by atoms with Crippen molar-refractivity contribution in [3.63, 3.8) is 0 Å². The molecule has 0 saturated heterocycles. The largest absolute Gasteiger partial charge is 0.303 e. The number of hydrogen-bond donors (Lipinski definition) is 0. The molecule has 0 aliphatic carbocycles. The van der Waals surface area contributed by atoms with Gasteiger partial charge in [-0.3, -0.25) is 4.79 Å². The number of carbonyl (C=O) groups is 1. The van der Waals surface area contributed by atoms with E-state index in [4.69, 9.17) is 0 Å². The molecule has 0 aromatic heterocycles. The summed E-state index contributed by atoms with van der Waals surface area (Å²) in [6.45, 7) is 4.68. The zero-order chi connectivity index (χ0) is 21.8. The predicted molar refractivity (Wildman–Crippen MR) is 139 cm³/mol. The molecule has 1 amide bonds. The van der Waals surface area contributed by atoms with E-state index < -0.39 is 0 Å². The van der Waals surface area contributed by atoms with Crippen molar-refractivity contribution in [2.24, 2.45) is 0 Å². The minimum absolute atomic E-state index is 0.0260. The summed E-state index contributed by atoms with van der Waals surface area (Å²) in [6.07, 6.45) is 3.55. The Morgan fingerprint density at radius 1 is 0.871 bits per heavy atom. The van der Waals surface area contributed by atoms with Crippen molar-refractivity contribution in [3.8, 4) is 0 Å². The zero-order valence-electron chi connectivity index (χ0n) is 17.7. The van der Waals surface area contributed by atoms with E-state index in [0.29, 0.717) is 6.54 Å². The van der Waals surface area contributed by atoms with Crippen LogP contribution >= 0.6 is 22.6 Å². The van der Waals surface area contributed by atoms with Crippen LogP contribution in [-0.4, -0.2) is 5.91 Å². The Bertz CT molecular complexity index is 1240. The first kappa shape index (κ1) is 21.3. The standard InChI is InChI=1S/C28H24INO/c1-20-16-21(2)28(26(29)17-20)30(27(31)15-13-22-8-4-3-5-9-22)19-23-12-14-24-10-6-7-11-25(24)18-23/h3-18H,19H2,1-2H3/b15-13+. The Morgan fingerprint density at radius 2 is 1.58 bits per heavy atom. The van der Waals surface area contributed by atoms with Crippen molar-refractivity contribution < 1.29 is 4.79 Å². The van der Waals surface area contributed by atoms with Gasteiger partial charge in [-0.25, -0.2) is 0 Å². The minimum atomic E-state index is -0.0260. The van der Waals surface area contributed by atoms with Crippen LogP contribution in [0.4, 0.5) is 5.69 Å². The molecule has 0 N–H and O–H groups in total. The lowest BCUT2D eigenvalue weighted by Crippen LogP contribution is -2.30. The van der Waals surface area contributed by atoms with Crippen molar-refractivity contribution in [2.75, 3.05) is 4.90 Å². The average Bonchev–Trinajstić information content (AvgIpc) is 2.77. The summed E-state index contributed by atoms with van der Waals surface area (Å²) in [5, 5.41) is 2.39. The number of carbonyl (C=O) groups excluding carboxylic acids is 1. The first-order valence-electron chi connectivity index (χ1n) is 10.3. The van der Waals surface area contributed by atoms with Crippen LogP contribution < -0.4 is 4.90 Å². The minimum Gasteiger partial charge on any atom is -0.303 e. The van der Waals surface area contributed by atoms with Gasteiger partial charge in [0.25, 0.3) is 5.91 Å². The smallest absolute Gasteiger partial charge is 0.251 e. The fourth-order valence-electron chi connectivity index (χ4n) is 3.86. The molecule has 0 aliphatic rings. The van der Waals surface area contributed by atoms with Crippen molar-refractivity contribution in [3.05, 3.63) is 117 Å². The second-order valence-corrected chi connectivity index (χ2v) is 8.92. The first-order chi connectivity index (χ1) is 15.0. The molecule has 4 rings (SSSR count). The van der Waals surface area contributed by atoms with Crippen LogP contribution in [-0.2, 0) is 11.3 Å². The molecule has 31 heavy (non-hydrogen) atoms. The predicted octanol–water partition coefficient (Wildman–Crippen LogP) is 7.31. The second kappa shape index (κ2) is 9.48. The number of aryl methyl sites for hydroxylation is 2. The van der Waals surface area contributed by atoms with Crippen LogP contribution in [0.15, 0.2) is 91.0 Å². The molecule has 0 aliphatic heterocycles. The van der Waals surface area contributed by atoms with Crippen molar-refractivity contribution in [2.45, 2.75) is 20.4 Å². The third-order valence-corrected chi connectivity index (χ3v) is 6.13. The number of rotatable bonds is 5. The zero-order valence-corrected chi connectivity index (χ0v) is 19.8. The maximum Gasteiger partial charge on any atom is 0.251 e. The summed E-state index contributed by atoms with van der Waals surface area (Å²) >= 11 is 2.34. The lowest BCUT2D eigenvalue weighted by Gasteiger charge is -2.25. The Hall–Kier alpha value is -2.92. The SMILES string of the molecule is Cc1cc(C)c(N(Cc2ccc3ccccc3c2)C(=O)/C=C/c2ccccc2)c(I)c1. The molecule has 0 fully saturated rings. The first-order valence-corrected chi connectivity index (χ1v) is 11.4. The molecule has 154 valence electrons. The van der Waals surface area contributed by atoms with E-state index in [2.05, 4.69) is 78.9 Å². The molecule has 0 radical (unpaired) electrons.